The van der Waals surface area contributed by atoms with E-state index in [0.717, 1.165) is 6.42 Å². The molecule has 92 valence electrons. The summed E-state index contributed by atoms with van der Waals surface area (Å²) in [5.74, 6) is 0. The molecule has 1 atom stereocenters. The molecule has 1 fully saturated rings. The van der Waals surface area contributed by atoms with Gasteiger partial charge in [-0.2, -0.15) is 10.1 Å². The minimum absolute atomic E-state index is 0.288. The van der Waals surface area contributed by atoms with Gasteiger partial charge in [0.1, 0.15) is 0 Å². The van der Waals surface area contributed by atoms with Crippen LogP contribution >= 0.6 is 0 Å². The van der Waals surface area contributed by atoms with Crippen molar-refractivity contribution in [2.45, 2.75) is 13.3 Å². The highest BCUT2D eigenvalue weighted by atomic mass is 32.2. The number of hydrogen-bond donors (Lipinski definition) is 2. The standard InChI is InChI=1S/C4H10N2O2.C3H8O3S/c7-5-1-2-6(8)4-3-5;1-2-3-6-7(4)5/h7-8H,1-4H2;2-3H2,1H3,(H,4,5)/p-1. The third kappa shape index (κ3) is 10.2. The van der Waals surface area contributed by atoms with Crippen molar-refractivity contribution >= 4 is 11.4 Å². The lowest BCUT2D eigenvalue weighted by Crippen LogP contribution is -2.42. The normalized spacial score (nSPS) is 20.5. The highest BCUT2D eigenvalue weighted by Gasteiger charge is 2.11. The Morgan fingerprint density at radius 1 is 1.27 bits per heavy atom. The van der Waals surface area contributed by atoms with Crippen molar-refractivity contribution in [2.24, 2.45) is 0 Å². The van der Waals surface area contributed by atoms with Crippen molar-refractivity contribution in [1.82, 2.24) is 10.1 Å². The van der Waals surface area contributed by atoms with E-state index in [4.69, 9.17) is 10.4 Å². The fraction of sp³-hybridized carbons (Fsp3) is 1.00. The van der Waals surface area contributed by atoms with E-state index in [1.54, 1.807) is 0 Å². The van der Waals surface area contributed by atoms with Crippen LogP contribution in [0.15, 0.2) is 0 Å². The molecule has 0 aliphatic carbocycles. The Hall–Kier alpha value is -0.0900. The average molecular weight is 241 g/mol. The molecule has 8 heteroatoms. The van der Waals surface area contributed by atoms with Crippen LogP contribution in [0.3, 0.4) is 0 Å². The quantitative estimate of drug-likeness (QED) is 0.648. The zero-order valence-corrected chi connectivity index (χ0v) is 9.48. The summed E-state index contributed by atoms with van der Waals surface area (Å²) in [5.41, 5.74) is 0. The number of hydrogen-bond acceptors (Lipinski definition) is 7. The molecule has 1 saturated heterocycles. The largest absolute Gasteiger partial charge is 0.750 e. The van der Waals surface area contributed by atoms with Gasteiger partial charge in [-0.1, -0.05) is 6.92 Å². The highest BCUT2D eigenvalue weighted by Crippen LogP contribution is 1.92. The lowest BCUT2D eigenvalue weighted by molar-refractivity contribution is -0.184. The molecule has 1 heterocycles. The SMILES string of the molecule is CCCOS(=O)[O-].ON1CCN(O)CC1. The van der Waals surface area contributed by atoms with Crippen LogP contribution in [0, 0.1) is 0 Å². The van der Waals surface area contributed by atoms with Crippen molar-refractivity contribution in [3.63, 3.8) is 0 Å². The van der Waals surface area contributed by atoms with E-state index in [9.17, 15) is 8.76 Å². The van der Waals surface area contributed by atoms with Gasteiger partial charge >= 0.3 is 0 Å². The second-order valence-electron chi connectivity index (χ2n) is 2.93. The van der Waals surface area contributed by atoms with Gasteiger partial charge < -0.3 is 19.2 Å². The number of hydroxylamine groups is 4. The third-order valence-corrected chi connectivity index (χ3v) is 1.98. The highest BCUT2D eigenvalue weighted by molar-refractivity contribution is 7.74. The fourth-order valence-corrected chi connectivity index (χ4v) is 1.14. The van der Waals surface area contributed by atoms with Crippen LogP contribution in [-0.4, -0.2) is 62.1 Å². The van der Waals surface area contributed by atoms with Crippen LogP contribution in [0.1, 0.15) is 13.3 Å². The monoisotopic (exact) mass is 241 g/mol. The Bertz CT molecular complexity index is 165. The molecule has 0 aromatic heterocycles. The first-order chi connectivity index (χ1) is 7.06. The van der Waals surface area contributed by atoms with E-state index in [1.807, 2.05) is 6.92 Å². The summed E-state index contributed by atoms with van der Waals surface area (Å²) >= 11 is -2.32. The second kappa shape index (κ2) is 9.16. The van der Waals surface area contributed by atoms with Crippen LogP contribution in [-0.2, 0) is 15.5 Å². The van der Waals surface area contributed by atoms with E-state index in [1.165, 1.54) is 10.1 Å². The summed E-state index contributed by atoms with van der Waals surface area (Å²) in [6, 6.07) is 0. The summed E-state index contributed by atoms with van der Waals surface area (Å²) in [6.07, 6.45) is 0.730. The van der Waals surface area contributed by atoms with Crippen LogP contribution < -0.4 is 0 Å². The van der Waals surface area contributed by atoms with Gasteiger partial charge in [-0.25, -0.2) is 4.21 Å². The molecule has 2 N–H and O–H groups in total. The number of piperazine rings is 1. The molecule has 7 nitrogen and oxygen atoms in total. The summed E-state index contributed by atoms with van der Waals surface area (Å²) in [6.45, 7) is 4.28. The molecule has 0 aromatic carbocycles. The van der Waals surface area contributed by atoms with E-state index in [-0.39, 0.29) is 6.61 Å². The van der Waals surface area contributed by atoms with E-state index < -0.39 is 11.4 Å². The molecule has 1 aliphatic rings. The van der Waals surface area contributed by atoms with Gasteiger partial charge in [0.15, 0.2) is 0 Å². The lowest BCUT2D eigenvalue weighted by Gasteiger charge is -2.25. The number of rotatable bonds is 3. The third-order valence-electron chi connectivity index (χ3n) is 1.62. The molecule has 1 aliphatic heterocycles. The second-order valence-corrected chi connectivity index (χ2v) is 3.58. The maximum atomic E-state index is 9.54. The van der Waals surface area contributed by atoms with Gasteiger partial charge in [0, 0.05) is 26.2 Å². The maximum Gasteiger partial charge on any atom is 0.0842 e. The van der Waals surface area contributed by atoms with Crippen molar-refractivity contribution in [3.8, 4) is 0 Å². The van der Waals surface area contributed by atoms with Crippen molar-refractivity contribution in [2.75, 3.05) is 32.8 Å². The Morgan fingerprint density at radius 2 is 1.67 bits per heavy atom. The molecule has 1 rings (SSSR count). The zero-order valence-electron chi connectivity index (χ0n) is 8.66. The molecule has 0 aromatic rings. The molecule has 0 spiro atoms. The molecule has 0 saturated carbocycles. The van der Waals surface area contributed by atoms with E-state index >= 15 is 0 Å². The van der Waals surface area contributed by atoms with Crippen molar-refractivity contribution in [3.05, 3.63) is 0 Å². The predicted molar refractivity (Wildman–Crippen MR) is 51.9 cm³/mol. The Morgan fingerprint density at radius 3 is 1.87 bits per heavy atom. The van der Waals surface area contributed by atoms with Gasteiger partial charge in [-0.15, -0.1) is 0 Å². The first-order valence-electron chi connectivity index (χ1n) is 4.66. The zero-order chi connectivity index (χ0) is 11.7. The van der Waals surface area contributed by atoms with E-state index in [2.05, 4.69) is 4.18 Å². The van der Waals surface area contributed by atoms with Crippen molar-refractivity contribution in [1.29, 1.82) is 0 Å². The average Bonchev–Trinajstić information content (AvgIpc) is 2.20. The van der Waals surface area contributed by atoms with Crippen LogP contribution in [0.2, 0.25) is 0 Å². The molecule has 0 radical (unpaired) electrons. The molecular formula is C7H17N2O5S-. The summed E-state index contributed by atoms with van der Waals surface area (Å²) < 4.78 is 23.2. The van der Waals surface area contributed by atoms with Gasteiger partial charge in [0.2, 0.25) is 0 Å². The lowest BCUT2D eigenvalue weighted by atomic mass is 10.4. The van der Waals surface area contributed by atoms with Crippen LogP contribution in [0.5, 0.6) is 0 Å². The van der Waals surface area contributed by atoms with Crippen molar-refractivity contribution < 1.29 is 23.4 Å². The minimum atomic E-state index is -2.32. The van der Waals surface area contributed by atoms with Gasteiger partial charge in [-0.3, -0.25) is 0 Å². The maximum absolute atomic E-state index is 9.54. The Balaban J connectivity index is 0.000000265. The van der Waals surface area contributed by atoms with Crippen LogP contribution in [0.4, 0.5) is 0 Å². The summed E-state index contributed by atoms with van der Waals surface area (Å²) in [7, 11) is 0. The minimum Gasteiger partial charge on any atom is -0.750 e. The number of nitrogens with zero attached hydrogens (tertiary/aromatic N) is 2. The fourth-order valence-electron chi connectivity index (χ4n) is 0.837. The topological polar surface area (TPSA) is 96.3 Å². The molecule has 0 bridgehead atoms. The molecule has 15 heavy (non-hydrogen) atoms. The summed E-state index contributed by atoms with van der Waals surface area (Å²) in [5, 5.41) is 19.8. The molecule has 1 unspecified atom stereocenters. The summed E-state index contributed by atoms with van der Waals surface area (Å²) in [4.78, 5) is 0. The smallest absolute Gasteiger partial charge is 0.0842 e. The van der Waals surface area contributed by atoms with E-state index in [0.29, 0.717) is 26.2 Å². The van der Waals surface area contributed by atoms with Gasteiger partial charge in [0.05, 0.1) is 18.0 Å². The van der Waals surface area contributed by atoms with Gasteiger partial charge in [-0.05, 0) is 6.42 Å². The predicted octanol–water partition coefficient (Wildman–Crippen LogP) is -0.410. The van der Waals surface area contributed by atoms with Gasteiger partial charge in [0.25, 0.3) is 0 Å². The Kier molecular flexibility index (Phi) is 9.10. The first kappa shape index (κ1) is 14.9. The first-order valence-corrected chi connectivity index (χ1v) is 5.66. The van der Waals surface area contributed by atoms with Crippen LogP contribution in [0.25, 0.3) is 0 Å². The molecular weight excluding hydrogens is 224 g/mol. The molecule has 0 amide bonds. The Labute approximate surface area is 91.6 Å².